The van der Waals surface area contributed by atoms with E-state index in [1.807, 2.05) is 38.1 Å². The number of pyridine rings is 1. The molecule has 8 heteroatoms. The van der Waals surface area contributed by atoms with Crippen LogP contribution in [0.25, 0.3) is 22.3 Å². The van der Waals surface area contributed by atoms with Crippen molar-refractivity contribution in [1.29, 1.82) is 5.26 Å². The van der Waals surface area contributed by atoms with Crippen molar-refractivity contribution in [3.63, 3.8) is 0 Å². The molecule has 0 saturated carbocycles. The van der Waals surface area contributed by atoms with Crippen LogP contribution in [-0.2, 0) is 0 Å². The predicted octanol–water partition coefficient (Wildman–Crippen LogP) is 5.77. The maximum absolute atomic E-state index is 13.4. The molecular weight excluding hydrogens is 464 g/mol. The van der Waals surface area contributed by atoms with Crippen molar-refractivity contribution in [1.82, 2.24) is 4.98 Å². The van der Waals surface area contributed by atoms with E-state index in [2.05, 4.69) is 9.98 Å². The van der Waals surface area contributed by atoms with Gasteiger partial charge in [0.2, 0.25) is 0 Å². The molecule has 1 atom stereocenters. The van der Waals surface area contributed by atoms with Crippen LogP contribution in [0.5, 0.6) is 5.75 Å². The van der Waals surface area contributed by atoms with Crippen LogP contribution in [-0.4, -0.2) is 18.2 Å². The van der Waals surface area contributed by atoms with Crippen molar-refractivity contribution in [3.05, 3.63) is 85.8 Å². The van der Waals surface area contributed by atoms with E-state index in [1.165, 1.54) is 0 Å². The van der Waals surface area contributed by atoms with Crippen LogP contribution in [0.2, 0.25) is 5.15 Å². The van der Waals surface area contributed by atoms with Crippen LogP contribution in [0.15, 0.2) is 56.7 Å². The number of benzene rings is 2. The number of nitrogens with zero attached hydrogens (tertiary/aromatic N) is 3. The molecule has 0 aliphatic carbocycles. The third kappa shape index (κ3) is 4.61. The molecule has 0 radical (unpaired) electrons. The molecule has 4 aromatic rings. The smallest absolute Gasteiger partial charge is 0.196 e. The summed E-state index contributed by atoms with van der Waals surface area (Å²) in [6.07, 6.45) is 1.10. The van der Waals surface area contributed by atoms with Crippen LogP contribution in [0.1, 0.15) is 41.0 Å². The Morgan fingerprint density at radius 3 is 2.71 bits per heavy atom. The molecule has 0 saturated heterocycles. The van der Waals surface area contributed by atoms with Crippen LogP contribution in [0.4, 0.5) is 5.69 Å². The lowest BCUT2D eigenvalue weighted by atomic mass is 9.99. The van der Waals surface area contributed by atoms with E-state index in [-0.39, 0.29) is 22.0 Å². The molecule has 0 fully saturated rings. The van der Waals surface area contributed by atoms with Crippen molar-refractivity contribution in [2.45, 2.75) is 26.9 Å². The maximum Gasteiger partial charge on any atom is 0.196 e. The fourth-order valence-electron chi connectivity index (χ4n) is 3.96. The molecular formula is C27H23ClN4O3. The van der Waals surface area contributed by atoms with E-state index in [4.69, 9.17) is 26.5 Å². The highest BCUT2D eigenvalue weighted by Gasteiger charge is 2.21. The molecule has 1 unspecified atom stereocenters. The Morgan fingerprint density at radius 2 is 2.00 bits per heavy atom. The zero-order valence-corrected chi connectivity index (χ0v) is 20.5. The third-order valence-electron chi connectivity index (χ3n) is 5.68. The normalized spacial score (nSPS) is 12.1. The van der Waals surface area contributed by atoms with Gasteiger partial charge in [-0.05, 0) is 68.8 Å². The number of nitrogen functional groups attached to an aromatic ring is 1. The molecule has 2 N–H and O–H groups in total. The number of ether oxygens (including phenoxy) is 1. The highest BCUT2D eigenvalue weighted by atomic mass is 35.5. The molecule has 35 heavy (non-hydrogen) atoms. The number of nitriles is 1. The standard InChI is InChI=1S/C27H23ClN4O3/c1-14-9-19(16(3)34-23-7-8-24(28)32-22(23)12-29)27-20(10-14)25(33)15(2)26(35-27)17-5-6-21(30)18(11-17)13-31-4/h5-11,13,16H,30H2,1-4H3. The SMILES string of the molecule is CN=Cc1cc(-c2oc3c(C(C)Oc4ccc(Cl)nc4C#N)cc(C)cc3c(=O)c2C)ccc1N. The molecule has 0 aliphatic heterocycles. The molecule has 0 aliphatic rings. The summed E-state index contributed by atoms with van der Waals surface area (Å²) >= 11 is 5.91. The first-order valence-corrected chi connectivity index (χ1v) is 11.2. The quantitative estimate of drug-likeness (QED) is 0.217. The molecule has 176 valence electrons. The van der Waals surface area contributed by atoms with E-state index in [0.29, 0.717) is 39.1 Å². The van der Waals surface area contributed by atoms with Gasteiger partial charge in [-0.25, -0.2) is 4.98 Å². The minimum atomic E-state index is -0.555. The summed E-state index contributed by atoms with van der Waals surface area (Å²) in [5.74, 6) is 0.729. The lowest BCUT2D eigenvalue weighted by molar-refractivity contribution is 0.225. The largest absolute Gasteiger partial charge is 0.483 e. The lowest BCUT2D eigenvalue weighted by Crippen LogP contribution is -2.12. The summed E-state index contributed by atoms with van der Waals surface area (Å²) in [6.45, 7) is 5.47. The van der Waals surface area contributed by atoms with Gasteiger partial charge < -0.3 is 14.9 Å². The molecule has 2 heterocycles. The Labute approximate surface area is 207 Å². The van der Waals surface area contributed by atoms with Gasteiger partial charge in [0, 0.05) is 41.2 Å². The monoisotopic (exact) mass is 486 g/mol. The van der Waals surface area contributed by atoms with Gasteiger partial charge in [-0.15, -0.1) is 0 Å². The first-order chi connectivity index (χ1) is 16.7. The number of aliphatic imine (C=N–C) groups is 1. The second-order valence-corrected chi connectivity index (χ2v) is 8.59. The van der Waals surface area contributed by atoms with Gasteiger partial charge in [-0.3, -0.25) is 9.79 Å². The summed E-state index contributed by atoms with van der Waals surface area (Å²) in [4.78, 5) is 21.5. The molecule has 0 spiro atoms. The molecule has 0 amide bonds. The summed E-state index contributed by atoms with van der Waals surface area (Å²) in [6, 6.07) is 14.3. The van der Waals surface area contributed by atoms with Crippen molar-refractivity contribution < 1.29 is 9.15 Å². The summed E-state index contributed by atoms with van der Waals surface area (Å²) in [7, 11) is 1.66. The fraction of sp³-hybridized carbons (Fsp3) is 0.185. The number of nitrogens with two attached hydrogens (primary N) is 1. The second kappa shape index (κ2) is 9.61. The van der Waals surface area contributed by atoms with Crippen LogP contribution in [0, 0.1) is 25.2 Å². The Hall–Kier alpha value is -4.15. The van der Waals surface area contributed by atoms with Crippen LogP contribution >= 0.6 is 11.6 Å². The van der Waals surface area contributed by atoms with Gasteiger partial charge in [-0.1, -0.05) is 11.6 Å². The summed E-state index contributed by atoms with van der Waals surface area (Å²) in [5.41, 5.74) is 10.5. The molecule has 2 aromatic carbocycles. The number of anilines is 1. The molecule has 4 rings (SSSR count). The van der Waals surface area contributed by atoms with Crippen molar-refractivity contribution in [3.8, 4) is 23.1 Å². The first kappa shape index (κ1) is 24.0. The van der Waals surface area contributed by atoms with E-state index in [1.54, 1.807) is 44.5 Å². The number of halogens is 1. The van der Waals surface area contributed by atoms with Crippen molar-refractivity contribution >= 4 is 34.5 Å². The molecule has 7 nitrogen and oxygen atoms in total. The Balaban J connectivity index is 1.90. The van der Waals surface area contributed by atoms with E-state index in [9.17, 15) is 10.1 Å². The third-order valence-corrected chi connectivity index (χ3v) is 5.89. The van der Waals surface area contributed by atoms with Gasteiger partial charge in [0.05, 0.1) is 5.39 Å². The molecule has 2 aromatic heterocycles. The van der Waals surface area contributed by atoms with Gasteiger partial charge in [0.15, 0.2) is 16.9 Å². The minimum Gasteiger partial charge on any atom is -0.483 e. The van der Waals surface area contributed by atoms with Gasteiger partial charge in [0.1, 0.15) is 28.7 Å². The maximum atomic E-state index is 13.4. The Bertz CT molecular complexity index is 1580. The fourth-order valence-corrected chi connectivity index (χ4v) is 4.11. The average molecular weight is 487 g/mol. The highest BCUT2D eigenvalue weighted by Crippen LogP contribution is 2.34. The number of fused-ring (bicyclic) bond motifs is 1. The summed E-state index contributed by atoms with van der Waals surface area (Å²) < 4.78 is 12.5. The van der Waals surface area contributed by atoms with E-state index < -0.39 is 6.10 Å². The number of hydrogen-bond acceptors (Lipinski definition) is 7. The second-order valence-electron chi connectivity index (χ2n) is 8.20. The zero-order valence-electron chi connectivity index (χ0n) is 19.7. The first-order valence-electron chi connectivity index (χ1n) is 10.9. The topological polar surface area (TPSA) is 114 Å². The van der Waals surface area contributed by atoms with Crippen molar-refractivity contribution in [2.75, 3.05) is 12.8 Å². The number of aryl methyl sites for hydroxylation is 1. The van der Waals surface area contributed by atoms with Gasteiger partial charge in [-0.2, -0.15) is 5.26 Å². The average Bonchev–Trinajstić information content (AvgIpc) is 2.84. The number of aromatic nitrogens is 1. The van der Waals surface area contributed by atoms with Gasteiger partial charge >= 0.3 is 0 Å². The minimum absolute atomic E-state index is 0.0753. The number of hydrogen-bond donors (Lipinski definition) is 1. The highest BCUT2D eigenvalue weighted by molar-refractivity contribution is 6.29. The van der Waals surface area contributed by atoms with Crippen LogP contribution < -0.4 is 15.9 Å². The van der Waals surface area contributed by atoms with E-state index >= 15 is 0 Å². The zero-order chi connectivity index (χ0) is 25.3. The lowest BCUT2D eigenvalue weighted by Gasteiger charge is -2.18. The predicted molar refractivity (Wildman–Crippen MR) is 138 cm³/mol. The van der Waals surface area contributed by atoms with Crippen LogP contribution in [0.3, 0.4) is 0 Å². The Kier molecular flexibility index (Phi) is 6.59. The van der Waals surface area contributed by atoms with Gasteiger partial charge in [0.25, 0.3) is 0 Å². The van der Waals surface area contributed by atoms with Crippen molar-refractivity contribution in [2.24, 2.45) is 4.99 Å². The Morgan fingerprint density at radius 1 is 1.23 bits per heavy atom. The molecule has 0 bridgehead atoms. The summed E-state index contributed by atoms with van der Waals surface area (Å²) in [5, 5.41) is 10.1. The van der Waals surface area contributed by atoms with E-state index in [0.717, 1.165) is 11.1 Å². The number of rotatable bonds is 5.